The Morgan fingerprint density at radius 3 is 2.74 bits per heavy atom. The molecule has 134 valence electrons. The smallest absolute Gasteiger partial charge is 0.272 e. The summed E-state index contributed by atoms with van der Waals surface area (Å²) in [5, 5.41) is 18.9. The summed E-state index contributed by atoms with van der Waals surface area (Å²) in [5.74, 6) is 0. The summed E-state index contributed by atoms with van der Waals surface area (Å²) in [6.45, 7) is 1.79. The highest BCUT2D eigenvalue weighted by atomic mass is 16.1. The number of nitrogens with zero attached hydrogens (tertiary/aromatic N) is 5. The SMILES string of the molecule is N#Cc1c[nH]n2c(=O)cc(CN(Cc3ccccc3)Cc3ccn[nH]3)nc12. The second-order valence-electron chi connectivity index (χ2n) is 6.26. The minimum Gasteiger partial charge on any atom is -0.295 e. The maximum absolute atomic E-state index is 12.3. The zero-order valence-corrected chi connectivity index (χ0v) is 14.5. The van der Waals surface area contributed by atoms with Crippen molar-refractivity contribution in [3.8, 4) is 6.07 Å². The van der Waals surface area contributed by atoms with Crippen molar-refractivity contribution in [2.75, 3.05) is 0 Å². The summed E-state index contributed by atoms with van der Waals surface area (Å²) in [5.41, 5.74) is 3.21. The number of aromatic nitrogens is 5. The molecule has 27 heavy (non-hydrogen) atoms. The molecule has 2 N–H and O–H groups in total. The molecular weight excluding hydrogens is 342 g/mol. The molecule has 0 bridgehead atoms. The van der Waals surface area contributed by atoms with Crippen LogP contribution < -0.4 is 5.56 Å². The summed E-state index contributed by atoms with van der Waals surface area (Å²) < 4.78 is 1.28. The van der Waals surface area contributed by atoms with E-state index in [0.717, 1.165) is 11.3 Å². The summed E-state index contributed by atoms with van der Waals surface area (Å²) in [6.07, 6.45) is 3.20. The standard InChI is InChI=1S/C19H17N7O/c20-9-15-10-22-26-18(27)8-17(23-19(15)26)13-25(12-16-6-7-21-24-16)11-14-4-2-1-3-5-14/h1-8,10,22H,11-13H2,(H,21,24). The third-order valence-corrected chi connectivity index (χ3v) is 4.26. The van der Waals surface area contributed by atoms with Gasteiger partial charge in [-0.3, -0.25) is 19.9 Å². The lowest BCUT2D eigenvalue weighted by molar-refractivity contribution is 0.241. The van der Waals surface area contributed by atoms with E-state index < -0.39 is 0 Å². The first-order chi connectivity index (χ1) is 13.2. The summed E-state index contributed by atoms with van der Waals surface area (Å²) in [7, 11) is 0. The van der Waals surface area contributed by atoms with Crippen LogP contribution in [-0.2, 0) is 19.6 Å². The van der Waals surface area contributed by atoms with Crippen LogP contribution in [0.5, 0.6) is 0 Å². The Balaban J connectivity index is 1.65. The largest absolute Gasteiger partial charge is 0.295 e. The molecule has 0 fully saturated rings. The average molecular weight is 359 g/mol. The fourth-order valence-electron chi connectivity index (χ4n) is 3.04. The number of fused-ring (bicyclic) bond motifs is 1. The molecule has 8 nitrogen and oxygen atoms in total. The highest BCUT2D eigenvalue weighted by Crippen LogP contribution is 2.13. The topological polar surface area (TPSA) is 106 Å². The molecule has 0 aliphatic carbocycles. The Bertz CT molecular complexity index is 1140. The lowest BCUT2D eigenvalue weighted by Crippen LogP contribution is -2.25. The highest BCUT2D eigenvalue weighted by Gasteiger charge is 2.13. The molecule has 3 aromatic heterocycles. The van der Waals surface area contributed by atoms with Crippen LogP contribution in [0.4, 0.5) is 0 Å². The van der Waals surface area contributed by atoms with Gasteiger partial charge in [0.05, 0.1) is 5.69 Å². The van der Waals surface area contributed by atoms with E-state index in [1.54, 1.807) is 6.20 Å². The van der Waals surface area contributed by atoms with Gasteiger partial charge in [0.15, 0.2) is 5.65 Å². The van der Waals surface area contributed by atoms with Gasteiger partial charge < -0.3 is 0 Å². The van der Waals surface area contributed by atoms with Gasteiger partial charge >= 0.3 is 0 Å². The van der Waals surface area contributed by atoms with Crippen LogP contribution in [-0.4, -0.2) is 29.7 Å². The highest BCUT2D eigenvalue weighted by molar-refractivity contribution is 5.53. The van der Waals surface area contributed by atoms with Gasteiger partial charge in [-0.2, -0.15) is 10.4 Å². The van der Waals surface area contributed by atoms with Crippen LogP contribution in [0.1, 0.15) is 22.5 Å². The Morgan fingerprint density at radius 2 is 2.00 bits per heavy atom. The van der Waals surface area contributed by atoms with Crippen LogP contribution >= 0.6 is 0 Å². The summed E-state index contributed by atoms with van der Waals surface area (Å²) >= 11 is 0. The molecule has 0 aliphatic heterocycles. The normalized spacial score (nSPS) is 11.1. The van der Waals surface area contributed by atoms with Gasteiger partial charge in [-0.25, -0.2) is 9.50 Å². The van der Waals surface area contributed by atoms with Crippen molar-refractivity contribution in [1.82, 2.24) is 29.7 Å². The van der Waals surface area contributed by atoms with Crippen molar-refractivity contribution < 1.29 is 0 Å². The molecule has 0 radical (unpaired) electrons. The molecule has 0 saturated heterocycles. The van der Waals surface area contributed by atoms with E-state index in [9.17, 15) is 10.1 Å². The lowest BCUT2D eigenvalue weighted by atomic mass is 10.2. The van der Waals surface area contributed by atoms with Gasteiger partial charge in [0.2, 0.25) is 0 Å². The van der Waals surface area contributed by atoms with E-state index in [2.05, 4.69) is 43.4 Å². The number of rotatable bonds is 6. The maximum atomic E-state index is 12.3. The molecule has 0 amide bonds. The van der Waals surface area contributed by atoms with Gasteiger partial charge in [0.25, 0.3) is 5.56 Å². The first-order valence-electron chi connectivity index (χ1n) is 8.47. The van der Waals surface area contributed by atoms with E-state index in [4.69, 9.17) is 0 Å². The molecule has 0 unspecified atom stereocenters. The van der Waals surface area contributed by atoms with Crippen molar-refractivity contribution in [2.45, 2.75) is 19.6 Å². The summed E-state index contributed by atoms with van der Waals surface area (Å²) in [4.78, 5) is 19.0. The Hall–Kier alpha value is -3.70. The van der Waals surface area contributed by atoms with Crippen LogP contribution in [0.3, 0.4) is 0 Å². The second-order valence-corrected chi connectivity index (χ2v) is 6.26. The van der Waals surface area contributed by atoms with Gasteiger partial charge in [0, 0.05) is 43.8 Å². The average Bonchev–Trinajstić information content (AvgIpc) is 3.32. The predicted molar refractivity (Wildman–Crippen MR) is 98.5 cm³/mol. The van der Waals surface area contributed by atoms with Crippen molar-refractivity contribution in [3.05, 3.63) is 87.7 Å². The zero-order valence-electron chi connectivity index (χ0n) is 14.5. The number of nitrogens with one attached hydrogen (secondary N) is 2. The Morgan fingerprint density at radius 1 is 1.15 bits per heavy atom. The van der Waals surface area contributed by atoms with Crippen LogP contribution in [0.15, 0.2) is 59.7 Å². The van der Waals surface area contributed by atoms with Crippen LogP contribution in [0.2, 0.25) is 0 Å². The monoisotopic (exact) mass is 359 g/mol. The van der Waals surface area contributed by atoms with E-state index in [0.29, 0.717) is 36.5 Å². The fraction of sp³-hybridized carbons (Fsp3) is 0.158. The van der Waals surface area contributed by atoms with E-state index in [-0.39, 0.29) is 5.56 Å². The number of hydrogen-bond donors (Lipinski definition) is 2. The molecule has 0 saturated carbocycles. The number of benzene rings is 1. The number of hydrogen-bond acceptors (Lipinski definition) is 5. The zero-order chi connectivity index (χ0) is 18.6. The quantitative estimate of drug-likeness (QED) is 0.546. The molecule has 3 heterocycles. The van der Waals surface area contributed by atoms with Crippen molar-refractivity contribution in [2.24, 2.45) is 0 Å². The molecular formula is C19H17N7O. The molecule has 0 spiro atoms. The number of H-pyrrole nitrogens is 2. The Kier molecular flexibility index (Phi) is 4.51. The van der Waals surface area contributed by atoms with Crippen LogP contribution in [0.25, 0.3) is 5.65 Å². The van der Waals surface area contributed by atoms with Gasteiger partial charge in [0.1, 0.15) is 11.6 Å². The number of nitriles is 1. The van der Waals surface area contributed by atoms with Crippen molar-refractivity contribution >= 4 is 5.65 Å². The number of aromatic amines is 2. The molecule has 4 rings (SSSR count). The third-order valence-electron chi connectivity index (χ3n) is 4.26. The van der Waals surface area contributed by atoms with Crippen molar-refractivity contribution in [1.29, 1.82) is 5.26 Å². The minimum atomic E-state index is -0.238. The minimum absolute atomic E-state index is 0.238. The molecule has 4 aromatic rings. The van der Waals surface area contributed by atoms with Gasteiger partial charge in [-0.15, -0.1) is 0 Å². The Labute approximate surface area is 154 Å². The fourth-order valence-corrected chi connectivity index (χ4v) is 3.04. The van der Waals surface area contributed by atoms with Gasteiger partial charge in [-0.1, -0.05) is 30.3 Å². The maximum Gasteiger partial charge on any atom is 0.272 e. The second kappa shape index (κ2) is 7.27. The summed E-state index contributed by atoms with van der Waals surface area (Å²) in [6, 6.07) is 15.6. The first-order valence-corrected chi connectivity index (χ1v) is 8.47. The predicted octanol–water partition coefficient (Wildman–Crippen LogP) is 1.82. The van der Waals surface area contributed by atoms with Crippen LogP contribution in [0, 0.1) is 11.3 Å². The molecule has 0 atom stereocenters. The molecule has 8 heteroatoms. The van der Waals surface area contributed by atoms with Gasteiger partial charge in [-0.05, 0) is 11.6 Å². The van der Waals surface area contributed by atoms with E-state index in [1.165, 1.54) is 16.8 Å². The molecule has 1 aromatic carbocycles. The van der Waals surface area contributed by atoms with E-state index >= 15 is 0 Å². The van der Waals surface area contributed by atoms with E-state index in [1.807, 2.05) is 24.3 Å². The third kappa shape index (κ3) is 3.63. The molecule has 0 aliphatic rings. The first kappa shape index (κ1) is 16.8. The van der Waals surface area contributed by atoms with Crippen molar-refractivity contribution in [3.63, 3.8) is 0 Å². The lowest BCUT2D eigenvalue weighted by Gasteiger charge is -2.21.